The minimum atomic E-state index is -1.04. The number of hydrogen-bond acceptors (Lipinski definition) is 3. The van der Waals surface area contributed by atoms with Gasteiger partial charge in [-0.25, -0.2) is 9.18 Å². The second kappa shape index (κ2) is 8.06. The fourth-order valence-corrected chi connectivity index (χ4v) is 3.64. The summed E-state index contributed by atoms with van der Waals surface area (Å²) in [6, 6.07) is 10.2. The molecule has 5 nitrogen and oxygen atoms in total. The van der Waals surface area contributed by atoms with Crippen LogP contribution in [0.2, 0.25) is 5.02 Å². The van der Waals surface area contributed by atoms with E-state index in [9.17, 15) is 14.0 Å². The Balaban J connectivity index is 1.80. The summed E-state index contributed by atoms with van der Waals surface area (Å²) in [7, 11) is 0. The summed E-state index contributed by atoms with van der Waals surface area (Å²) >= 11 is 5.79. The van der Waals surface area contributed by atoms with Crippen LogP contribution in [-0.2, 0) is 0 Å². The molecule has 2 N–H and O–H groups in total. The average molecular weight is 391 g/mol. The molecule has 0 spiro atoms. The van der Waals surface area contributed by atoms with Crippen LogP contribution in [0.25, 0.3) is 0 Å². The third kappa shape index (κ3) is 4.12. The number of nitrogens with zero attached hydrogens (tertiary/aromatic N) is 1. The summed E-state index contributed by atoms with van der Waals surface area (Å²) < 4.78 is 13.9. The van der Waals surface area contributed by atoms with Gasteiger partial charge in [-0.1, -0.05) is 24.6 Å². The maximum absolute atomic E-state index is 13.9. The number of carboxylic acid groups (broad SMARTS) is 1. The Morgan fingerprint density at radius 3 is 2.48 bits per heavy atom. The number of likely N-dealkylation sites (N-methyl/N-ethyl adjacent to an activating group) is 1. The van der Waals surface area contributed by atoms with Crippen molar-refractivity contribution in [3.63, 3.8) is 0 Å². The third-order valence-corrected chi connectivity index (χ3v) is 5.21. The Kier molecular flexibility index (Phi) is 5.77. The Labute approximate surface area is 161 Å². The first-order chi connectivity index (χ1) is 12.9. The van der Waals surface area contributed by atoms with Gasteiger partial charge in [0, 0.05) is 12.1 Å². The summed E-state index contributed by atoms with van der Waals surface area (Å²) in [5, 5.41) is 12.0. The molecule has 142 valence electrons. The molecular formula is C20H20ClFN2O3. The van der Waals surface area contributed by atoms with Crippen LogP contribution in [0.5, 0.6) is 0 Å². The van der Waals surface area contributed by atoms with Crippen LogP contribution in [0.15, 0.2) is 42.5 Å². The lowest BCUT2D eigenvalue weighted by Gasteiger charge is -2.28. The molecule has 0 aromatic heterocycles. The topological polar surface area (TPSA) is 69.6 Å². The van der Waals surface area contributed by atoms with Crippen LogP contribution in [0.1, 0.15) is 45.7 Å². The number of rotatable bonds is 5. The quantitative estimate of drug-likeness (QED) is 0.815. The van der Waals surface area contributed by atoms with Gasteiger partial charge in [-0.2, -0.15) is 0 Å². The number of likely N-dealkylation sites (tertiary alicyclic amines) is 1. The van der Waals surface area contributed by atoms with Crippen LogP contribution >= 0.6 is 11.6 Å². The second-order valence-electron chi connectivity index (χ2n) is 6.50. The molecule has 1 aliphatic heterocycles. The van der Waals surface area contributed by atoms with Crippen molar-refractivity contribution in [2.75, 3.05) is 13.1 Å². The van der Waals surface area contributed by atoms with E-state index in [4.69, 9.17) is 16.7 Å². The Morgan fingerprint density at radius 1 is 1.22 bits per heavy atom. The fraction of sp³-hybridized carbons (Fsp3) is 0.300. The highest BCUT2D eigenvalue weighted by Gasteiger charge is 2.35. The SMILES string of the molecule is CCN1CCC(NC(=O)c2ccc(C(=O)O)cc2)C1c1ccc(Cl)c(F)c1. The second-order valence-corrected chi connectivity index (χ2v) is 6.91. The maximum Gasteiger partial charge on any atom is 0.335 e. The van der Waals surface area contributed by atoms with Gasteiger partial charge in [0.25, 0.3) is 5.91 Å². The van der Waals surface area contributed by atoms with E-state index < -0.39 is 11.8 Å². The molecule has 1 heterocycles. The van der Waals surface area contributed by atoms with Crippen LogP contribution in [0.3, 0.4) is 0 Å². The van der Waals surface area contributed by atoms with Gasteiger partial charge in [0.05, 0.1) is 22.7 Å². The number of nitrogens with one attached hydrogen (secondary N) is 1. The molecule has 1 fully saturated rings. The molecule has 1 saturated heterocycles. The normalized spacial score (nSPS) is 19.8. The lowest BCUT2D eigenvalue weighted by molar-refractivity contribution is 0.0696. The first-order valence-corrected chi connectivity index (χ1v) is 9.11. The predicted molar refractivity (Wildman–Crippen MR) is 101 cm³/mol. The molecule has 1 amide bonds. The van der Waals surface area contributed by atoms with Crippen molar-refractivity contribution in [2.24, 2.45) is 0 Å². The van der Waals surface area contributed by atoms with Crippen molar-refractivity contribution in [3.05, 3.63) is 70.0 Å². The third-order valence-electron chi connectivity index (χ3n) is 4.90. The lowest BCUT2D eigenvalue weighted by atomic mass is 9.99. The molecule has 7 heteroatoms. The van der Waals surface area contributed by atoms with Gasteiger partial charge in [0.15, 0.2) is 0 Å². The van der Waals surface area contributed by atoms with Crippen LogP contribution < -0.4 is 5.32 Å². The standard InChI is InChI=1S/C20H20ClFN2O3/c1-2-24-10-9-17(18(24)14-7-8-15(21)16(22)11-14)23-19(25)12-3-5-13(6-4-12)20(26)27/h3-8,11,17-18H,2,9-10H2,1H3,(H,23,25)(H,26,27). The maximum atomic E-state index is 13.9. The van der Waals surface area contributed by atoms with Crippen molar-refractivity contribution in [1.29, 1.82) is 0 Å². The number of halogens is 2. The summed E-state index contributed by atoms with van der Waals surface area (Å²) in [6.45, 7) is 3.58. The monoisotopic (exact) mass is 390 g/mol. The fourth-order valence-electron chi connectivity index (χ4n) is 3.52. The first-order valence-electron chi connectivity index (χ1n) is 8.74. The van der Waals surface area contributed by atoms with E-state index in [0.717, 1.165) is 25.1 Å². The molecule has 3 rings (SSSR count). The Hall–Kier alpha value is -2.44. The van der Waals surface area contributed by atoms with E-state index in [1.54, 1.807) is 6.07 Å². The molecule has 2 aromatic carbocycles. The number of carbonyl (C=O) groups excluding carboxylic acids is 1. The predicted octanol–water partition coefficient (Wildman–Crippen LogP) is 3.74. The molecule has 27 heavy (non-hydrogen) atoms. The molecule has 2 aromatic rings. The van der Waals surface area contributed by atoms with Crippen LogP contribution in [-0.4, -0.2) is 41.0 Å². The van der Waals surface area contributed by atoms with E-state index in [-0.39, 0.29) is 28.6 Å². The van der Waals surface area contributed by atoms with Gasteiger partial charge in [0.1, 0.15) is 5.82 Å². The zero-order valence-electron chi connectivity index (χ0n) is 14.8. The summed E-state index contributed by atoms with van der Waals surface area (Å²) in [5.41, 5.74) is 1.28. The minimum absolute atomic E-state index is 0.0684. The zero-order chi connectivity index (χ0) is 19.6. The largest absolute Gasteiger partial charge is 0.478 e. The van der Waals surface area contributed by atoms with Crippen LogP contribution in [0.4, 0.5) is 4.39 Å². The molecular weight excluding hydrogens is 371 g/mol. The smallest absolute Gasteiger partial charge is 0.335 e. The van der Waals surface area contributed by atoms with Gasteiger partial charge in [-0.3, -0.25) is 9.69 Å². The van der Waals surface area contributed by atoms with E-state index in [1.807, 2.05) is 6.92 Å². The Bertz CT molecular complexity index is 857. The molecule has 0 aliphatic carbocycles. The van der Waals surface area contributed by atoms with Crippen molar-refractivity contribution in [3.8, 4) is 0 Å². The molecule has 2 unspecified atom stereocenters. The first kappa shape index (κ1) is 19.3. The van der Waals surface area contributed by atoms with Gasteiger partial charge in [-0.15, -0.1) is 0 Å². The molecule has 2 atom stereocenters. The minimum Gasteiger partial charge on any atom is -0.478 e. The highest BCUT2D eigenvalue weighted by atomic mass is 35.5. The molecule has 0 saturated carbocycles. The van der Waals surface area contributed by atoms with E-state index in [2.05, 4.69) is 10.2 Å². The summed E-state index contributed by atoms with van der Waals surface area (Å²) in [6.07, 6.45) is 0.738. The number of carboxylic acids is 1. The average Bonchev–Trinajstić information content (AvgIpc) is 3.06. The number of hydrogen-bond donors (Lipinski definition) is 2. The van der Waals surface area contributed by atoms with Crippen molar-refractivity contribution < 1.29 is 19.1 Å². The van der Waals surface area contributed by atoms with Crippen molar-refractivity contribution in [1.82, 2.24) is 10.2 Å². The number of amides is 1. The van der Waals surface area contributed by atoms with E-state index >= 15 is 0 Å². The molecule has 1 aliphatic rings. The van der Waals surface area contributed by atoms with Crippen molar-refractivity contribution in [2.45, 2.75) is 25.4 Å². The zero-order valence-corrected chi connectivity index (χ0v) is 15.5. The Morgan fingerprint density at radius 2 is 1.89 bits per heavy atom. The summed E-state index contributed by atoms with van der Waals surface area (Å²) in [4.78, 5) is 25.7. The van der Waals surface area contributed by atoms with Gasteiger partial charge >= 0.3 is 5.97 Å². The number of benzene rings is 2. The molecule has 0 bridgehead atoms. The van der Waals surface area contributed by atoms with Crippen molar-refractivity contribution >= 4 is 23.5 Å². The van der Waals surface area contributed by atoms with Crippen LogP contribution in [0, 0.1) is 5.82 Å². The lowest BCUT2D eigenvalue weighted by Crippen LogP contribution is -2.39. The summed E-state index contributed by atoms with van der Waals surface area (Å²) in [5.74, 6) is -1.80. The molecule has 0 radical (unpaired) electrons. The number of carbonyl (C=O) groups is 2. The van der Waals surface area contributed by atoms with E-state index in [0.29, 0.717) is 5.56 Å². The highest BCUT2D eigenvalue weighted by molar-refractivity contribution is 6.30. The highest BCUT2D eigenvalue weighted by Crippen LogP contribution is 2.33. The van der Waals surface area contributed by atoms with Gasteiger partial charge in [0.2, 0.25) is 0 Å². The van der Waals surface area contributed by atoms with E-state index in [1.165, 1.54) is 36.4 Å². The van der Waals surface area contributed by atoms with Gasteiger partial charge in [-0.05, 0) is 54.9 Å². The van der Waals surface area contributed by atoms with Gasteiger partial charge < -0.3 is 10.4 Å². The number of aromatic carboxylic acids is 1.